The molecule has 19 heavy (non-hydrogen) atoms. The van der Waals surface area contributed by atoms with Gasteiger partial charge in [-0.05, 0) is 71.6 Å². The first-order valence-electron chi connectivity index (χ1n) is 8.37. The Labute approximate surface area is 119 Å². The van der Waals surface area contributed by atoms with Crippen LogP contribution in [0.25, 0.3) is 0 Å². The third-order valence-corrected chi connectivity index (χ3v) is 5.23. The van der Waals surface area contributed by atoms with Crippen LogP contribution in [0.2, 0.25) is 0 Å². The van der Waals surface area contributed by atoms with Gasteiger partial charge in [-0.2, -0.15) is 0 Å². The summed E-state index contributed by atoms with van der Waals surface area (Å²) in [6.45, 7) is 11.4. The van der Waals surface area contributed by atoms with Crippen LogP contribution in [0.1, 0.15) is 79.6 Å². The van der Waals surface area contributed by atoms with Crippen LogP contribution in [0.3, 0.4) is 0 Å². The molecule has 2 aliphatic carbocycles. The molecule has 0 radical (unpaired) electrons. The van der Waals surface area contributed by atoms with Gasteiger partial charge in [-0.3, -0.25) is 0 Å². The number of nitrogens with one attached hydrogen (secondary N) is 1. The van der Waals surface area contributed by atoms with Gasteiger partial charge in [-0.25, -0.2) is 0 Å². The molecule has 0 bridgehead atoms. The van der Waals surface area contributed by atoms with Crippen LogP contribution in [0.4, 0.5) is 0 Å². The van der Waals surface area contributed by atoms with Gasteiger partial charge in [-0.15, -0.1) is 0 Å². The van der Waals surface area contributed by atoms with E-state index in [2.05, 4.69) is 39.9 Å². The Morgan fingerprint density at radius 2 is 1.63 bits per heavy atom. The third kappa shape index (κ3) is 3.95. The maximum Gasteiger partial charge on any atom is 0.0713 e. The molecular weight excluding hydrogens is 234 g/mol. The summed E-state index contributed by atoms with van der Waals surface area (Å²) >= 11 is 0. The van der Waals surface area contributed by atoms with Crippen LogP contribution in [0.15, 0.2) is 0 Å². The molecule has 0 heterocycles. The first-order chi connectivity index (χ1) is 8.91. The highest BCUT2D eigenvalue weighted by atomic mass is 16.5. The molecule has 2 heteroatoms. The van der Waals surface area contributed by atoms with Crippen LogP contribution in [0.5, 0.6) is 0 Å². The molecule has 0 aromatic carbocycles. The Bertz CT molecular complexity index is 292. The SMILES string of the molecule is CCC1(NC(C)CCC(C)C2(OC(C)C)CC2)CC1. The molecule has 0 aromatic heterocycles. The fourth-order valence-electron chi connectivity index (χ4n) is 3.43. The molecule has 0 aromatic rings. The minimum atomic E-state index is 0.232. The largest absolute Gasteiger partial charge is 0.372 e. The minimum absolute atomic E-state index is 0.232. The van der Waals surface area contributed by atoms with Crippen molar-refractivity contribution in [2.24, 2.45) is 5.92 Å². The van der Waals surface area contributed by atoms with Gasteiger partial charge in [0, 0.05) is 11.6 Å². The molecule has 2 nitrogen and oxygen atoms in total. The van der Waals surface area contributed by atoms with Crippen molar-refractivity contribution in [3.8, 4) is 0 Å². The van der Waals surface area contributed by atoms with Crippen molar-refractivity contribution in [3.05, 3.63) is 0 Å². The van der Waals surface area contributed by atoms with Crippen LogP contribution < -0.4 is 5.32 Å². The van der Waals surface area contributed by atoms with Crippen molar-refractivity contribution < 1.29 is 4.74 Å². The molecule has 112 valence electrons. The lowest BCUT2D eigenvalue weighted by molar-refractivity contribution is -0.0452. The van der Waals surface area contributed by atoms with Gasteiger partial charge in [0.1, 0.15) is 0 Å². The van der Waals surface area contributed by atoms with Gasteiger partial charge in [-0.1, -0.05) is 13.8 Å². The van der Waals surface area contributed by atoms with Crippen molar-refractivity contribution >= 4 is 0 Å². The van der Waals surface area contributed by atoms with Crippen LogP contribution in [-0.4, -0.2) is 23.3 Å². The number of hydrogen-bond donors (Lipinski definition) is 1. The number of rotatable bonds is 9. The summed E-state index contributed by atoms with van der Waals surface area (Å²) in [4.78, 5) is 0. The molecule has 2 atom stereocenters. The van der Waals surface area contributed by atoms with E-state index in [-0.39, 0.29) is 5.60 Å². The quantitative estimate of drug-likeness (QED) is 0.673. The Hall–Kier alpha value is -0.0800. The monoisotopic (exact) mass is 267 g/mol. The second-order valence-corrected chi connectivity index (χ2v) is 7.39. The van der Waals surface area contributed by atoms with Gasteiger partial charge < -0.3 is 10.1 Å². The van der Waals surface area contributed by atoms with E-state index in [4.69, 9.17) is 4.74 Å². The maximum atomic E-state index is 6.16. The molecule has 0 amide bonds. The first kappa shape index (κ1) is 15.3. The zero-order chi connectivity index (χ0) is 14.1. The van der Waals surface area contributed by atoms with E-state index >= 15 is 0 Å². The second kappa shape index (κ2) is 5.73. The third-order valence-electron chi connectivity index (χ3n) is 5.23. The summed E-state index contributed by atoms with van der Waals surface area (Å²) in [5.74, 6) is 0.705. The van der Waals surface area contributed by atoms with E-state index in [0.717, 1.165) is 0 Å². The van der Waals surface area contributed by atoms with Gasteiger partial charge in [0.15, 0.2) is 0 Å². The molecule has 0 spiro atoms. The van der Waals surface area contributed by atoms with Crippen LogP contribution in [0, 0.1) is 5.92 Å². The van der Waals surface area contributed by atoms with Crippen molar-refractivity contribution in [1.29, 1.82) is 0 Å². The van der Waals surface area contributed by atoms with Crippen LogP contribution >= 0.6 is 0 Å². The van der Waals surface area contributed by atoms with Crippen molar-refractivity contribution in [3.63, 3.8) is 0 Å². The number of ether oxygens (including phenoxy) is 1. The van der Waals surface area contributed by atoms with Gasteiger partial charge in [0.05, 0.1) is 11.7 Å². The maximum absolute atomic E-state index is 6.16. The van der Waals surface area contributed by atoms with E-state index in [9.17, 15) is 0 Å². The summed E-state index contributed by atoms with van der Waals surface area (Å²) in [5, 5.41) is 3.84. The van der Waals surface area contributed by atoms with Crippen LogP contribution in [-0.2, 0) is 4.74 Å². The summed E-state index contributed by atoms with van der Waals surface area (Å²) in [6, 6.07) is 0.653. The summed E-state index contributed by atoms with van der Waals surface area (Å²) in [5.41, 5.74) is 0.740. The molecule has 2 fully saturated rings. The molecule has 2 saturated carbocycles. The normalized spacial score (nSPS) is 26.2. The van der Waals surface area contributed by atoms with Crippen molar-refractivity contribution in [1.82, 2.24) is 5.32 Å². The fraction of sp³-hybridized carbons (Fsp3) is 1.00. The Morgan fingerprint density at radius 3 is 2.05 bits per heavy atom. The topological polar surface area (TPSA) is 21.3 Å². The predicted molar refractivity (Wildman–Crippen MR) is 81.4 cm³/mol. The molecule has 2 rings (SSSR count). The lowest BCUT2D eigenvalue weighted by Crippen LogP contribution is -2.38. The van der Waals surface area contributed by atoms with E-state index in [0.29, 0.717) is 23.6 Å². The molecule has 0 saturated heterocycles. The minimum Gasteiger partial charge on any atom is -0.372 e. The Balaban J connectivity index is 1.70. The summed E-state index contributed by atoms with van der Waals surface area (Å²) in [7, 11) is 0. The molecule has 2 unspecified atom stereocenters. The summed E-state index contributed by atoms with van der Waals surface area (Å²) < 4.78 is 6.16. The van der Waals surface area contributed by atoms with Gasteiger partial charge in [0.2, 0.25) is 0 Å². The average Bonchev–Trinajstić information content (AvgIpc) is 3.23. The van der Waals surface area contributed by atoms with Gasteiger partial charge >= 0.3 is 0 Å². The fourth-order valence-corrected chi connectivity index (χ4v) is 3.43. The molecule has 1 N–H and O–H groups in total. The van der Waals surface area contributed by atoms with Crippen molar-refractivity contribution in [2.75, 3.05) is 0 Å². The average molecular weight is 267 g/mol. The summed E-state index contributed by atoms with van der Waals surface area (Å²) in [6.07, 6.45) is 9.53. The highest BCUT2D eigenvalue weighted by Crippen LogP contribution is 2.48. The molecule has 2 aliphatic rings. The van der Waals surface area contributed by atoms with E-state index in [1.807, 2.05) is 0 Å². The molecule has 0 aliphatic heterocycles. The second-order valence-electron chi connectivity index (χ2n) is 7.39. The zero-order valence-electron chi connectivity index (χ0n) is 13.6. The van der Waals surface area contributed by atoms with E-state index in [1.54, 1.807) is 0 Å². The standard InChI is InChI=1S/C17H33NO/c1-6-16(9-10-16)18-15(5)8-7-14(4)17(11-12-17)19-13(2)3/h13-15,18H,6-12H2,1-5H3. The smallest absolute Gasteiger partial charge is 0.0713 e. The lowest BCUT2D eigenvalue weighted by Gasteiger charge is -2.28. The van der Waals surface area contributed by atoms with E-state index < -0.39 is 0 Å². The zero-order valence-corrected chi connectivity index (χ0v) is 13.6. The number of hydrogen-bond acceptors (Lipinski definition) is 2. The highest BCUT2D eigenvalue weighted by molar-refractivity contribution is 5.03. The van der Waals surface area contributed by atoms with E-state index in [1.165, 1.54) is 44.9 Å². The Kier molecular flexibility index (Phi) is 4.62. The predicted octanol–water partition coefficient (Wildman–Crippen LogP) is 4.28. The van der Waals surface area contributed by atoms with Crippen molar-refractivity contribution in [2.45, 2.75) is 103 Å². The molecular formula is C17H33NO. The first-order valence-corrected chi connectivity index (χ1v) is 8.37. The van der Waals surface area contributed by atoms with Gasteiger partial charge in [0.25, 0.3) is 0 Å². The highest BCUT2D eigenvalue weighted by Gasteiger charge is 2.49. The Morgan fingerprint density at radius 1 is 1.00 bits per heavy atom. The lowest BCUT2D eigenvalue weighted by atomic mass is 9.94.